The van der Waals surface area contributed by atoms with Gasteiger partial charge in [0.2, 0.25) is 11.7 Å². The lowest BCUT2D eigenvalue weighted by atomic mass is 10.2. The van der Waals surface area contributed by atoms with Crippen LogP contribution in [0.1, 0.15) is 24.8 Å². The van der Waals surface area contributed by atoms with E-state index < -0.39 is 0 Å². The molecule has 3 aromatic rings. The predicted octanol–water partition coefficient (Wildman–Crippen LogP) is 3.43. The molecule has 0 unspecified atom stereocenters. The van der Waals surface area contributed by atoms with Crippen LogP contribution in [0.5, 0.6) is 0 Å². The Morgan fingerprint density at radius 2 is 2.17 bits per heavy atom. The first-order valence-corrected chi connectivity index (χ1v) is 7.01. The van der Waals surface area contributed by atoms with Gasteiger partial charge in [-0.3, -0.25) is 0 Å². The minimum atomic E-state index is 0.718. The van der Waals surface area contributed by atoms with E-state index in [-0.39, 0.29) is 0 Å². The van der Waals surface area contributed by atoms with Gasteiger partial charge in [0.25, 0.3) is 0 Å². The first-order valence-electron chi connectivity index (χ1n) is 6.20. The van der Waals surface area contributed by atoms with Crippen LogP contribution in [0.2, 0.25) is 0 Å². The largest absolute Gasteiger partial charge is 0.618 e. The number of aryl methyl sites for hydroxylation is 1. The summed E-state index contributed by atoms with van der Waals surface area (Å²) in [6.07, 6.45) is 4.90. The van der Waals surface area contributed by atoms with E-state index in [1.54, 1.807) is 17.5 Å². The maximum Gasteiger partial charge on any atom is 0.225 e. The van der Waals surface area contributed by atoms with Crippen molar-refractivity contribution in [2.45, 2.75) is 26.2 Å². The molecule has 0 amide bonds. The number of hydrogen-bond acceptors (Lipinski definition) is 3. The average Bonchev–Trinajstić information content (AvgIpc) is 2.80. The van der Waals surface area contributed by atoms with E-state index in [1.807, 2.05) is 24.3 Å². The van der Waals surface area contributed by atoms with Crippen molar-refractivity contribution in [3.05, 3.63) is 40.7 Å². The second kappa shape index (κ2) is 4.53. The van der Waals surface area contributed by atoms with Gasteiger partial charge in [-0.15, -0.1) is 11.3 Å². The highest BCUT2D eigenvalue weighted by atomic mass is 32.1. The fourth-order valence-corrected chi connectivity index (χ4v) is 3.24. The highest BCUT2D eigenvalue weighted by molar-refractivity contribution is 7.19. The Labute approximate surface area is 109 Å². The SMILES string of the molecule is CCCCc1nc2c[n+]([O-])c3ccccc3c2s1. The van der Waals surface area contributed by atoms with Gasteiger partial charge in [0, 0.05) is 6.07 Å². The fraction of sp³-hybridized carbons (Fsp3) is 0.286. The number of unbranched alkanes of at least 4 members (excludes halogenated alkanes) is 1. The normalized spacial score (nSPS) is 11.4. The van der Waals surface area contributed by atoms with Gasteiger partial charge in [0.15, 0.2) is 0 Å². The van der Waals surface area contributed by atoms with Crippen LogP contribution >= 0.6 is 11.3 Å². The molecule has 0 fully saturated rings. The lowest BCUT2D eigenvalue weighted by Gasteiger charge is -2.00. The average molecular weight is 258 g/mol. The van der Waals surface area contributed by atoms with Crippen LogP contribution in [-0.4, -0.2) is 4.98 Å². The molecule has 2 heterocycles. The van der Waals surface area contributed by atoms with Gasteiger partial charge in [-0.05, 0) is 18.9 Å². The summed E-state index contributed by atoms with van der Waals surface area (Å²) in [6, 6.07) is 7.70. The molecule has 0 bridgehead atoms. The Bertz CT molecular complexity index is 705. The molecule has 0 N–H and O–H groups in total. The number of pyridine rings is 1. The molecule has 3 rings (SSSR count). The Hall–Kier alpha value is -1.68. The van der Waals surface area contributed by atoms with Crippen molar-refractivity contribution in [1.82, 2.24) is 4.98 Å². The molecule has 0 aliphatic heterocycles. The van der Waals surface area contributed by atoms with Gasteiger partial charge >= 0.3 is 0 Å². The standard InChI is InChI=1S/C14H14N2OS/c1-2-3-8-13-15-11-9-16(17)12-7-5-4-6-10(12)14(11)18-13/h4-7,9H,2-3,8H2,1H3. The monoisotopic (exact) mass is 258 g/mol. The first-order chi connectivity index (χ1) is 8.79. The van der Waals surface area contributed by atoms with Crippen molar-refractivity contribution in [3.8, 4) is 0 Å². The lowest BCUT2D eigenvalue weighted by molar-refractivity contribution is -0.575. The van der Waals surface area contributed by atoms with Gasteiger partial charge < -0.3 is 5.21 Å². The number of hydrogen-bond donors (Lipinski definition) is 0. The number of rotatable bonds is 3. The summed E-state index contributed by atoms with van der Waals surface area (Å²) in [6.45, 7) is 2.17. The number of nitrogens with zero attached hydrogens (tertiary/aromatic N) is 2. The Kier molecular flexibility index (Phi) is 2.88. The van der Waals surface area contributed by atoms with Crippen LogP contribution in [0.15, 0.2) is 30.5 Å². The van der Waals surface area contributed by atoms with Crippen LogP contribution in [-0.2, 0) is 6.42 Å². The molecule has 0 atom stereocenters. The van der Waals surface area contributed by atoms with E-state index >= 15 is 0 Å². The molecule has 18 heavy (non-hydrogen) atoms. The Morgan fingerprint density at radius 3 is 3.00 bits per heavy atom. The third-order valence-electron chi connectivity index (χ3n) is 3.07. The van der Waals surface area contributed by atoms with Crippen LogP contribution in [0, 0.1) is 5.21 Å². The molecular formula is C14H14N2OS. The van der Waals surface area contributed by atoms with Crippen molar-refractivity contribution >= 4 is 32.5 Å². The zero-order valence-corrected chi connectivity index (χ0v) is 11.0. The zero-order valence-electron chi connectivity index (χ0n) is 10.2. The summed E-state index contributed by atoms with van der Waals surface area (Å²) in [4.78, 5) is 4.56. The maximum atomic E-state index is 11.9. The van der Waals surface area contributed by atoms with Crippen molar-refractivity contribution in [1.29, 1.82) is 0 Å². The van der Waals surface area contributed by atoms with Crippen molar-refractivity contribution < 1.29 is 4.73 Å². The molecule has 3 nitrogen and oxygen atoms in total. The lowest BCUT2D eigenvalue weighted by Crippen LogP contribution is -2.26. The third kappa shape index (κ3) is 1.82. The van der Waals surface area contributed by atoms with Crippen LogP contribution < -0.4 is 4.73 Å². The van der Waals surface area contributed by atoms with E-state index in [2.05, 4.69) is 11.9 Å². The molecule has 0 radical (unpaired) electrons. The number of benzene rings is 1. The topological polar surface area (TPSA) is 39.8 Å². The molecule has 0 spiro atoms. The van der Waals surface area contributed by atoms with Gasteiger partial charge in [0.05, 0.1) is 15.1 Å². The summed E-state index contributed by atoms with van der Waals surface area (Å²) in [5.74, 6) is 0. The van der Waals surface area contributed by atoms with Gasteiger partial charge in [-0.25, -0.2) is 4.98 Å². The van der Waals surface area contributed by atoms with Crippen LogP contribution in [0.3, 0.4) is 0 Å². The summed E-state index contributed by atoms with van der Waals surface area (Å²) in [7, 11) is 0. The van der Waals surface area contributed by atoms with Gasteiger partial charge in [-0.1, -0.05) is 25.5 Å². The highest BCUT2D eigenvalue weighted by Crippen LogP contribution is 2.28. The summed E-state index contributed by atoms with van der Waals surface area (Å²) in [5, 5.41) is 14.0. The van der Waals surface area contributed by atoms with Crippen LogP contribution in [0.4, 0.5) is 0 Å². The predicted molar refractivity (Wildman–Crippen MR) is 74.7 cm³/mol. The molecule has 0 saturated carbocycles. The van der Waals surface area contributed by atoms with Crippen molar-refractivity contribution in [3.63, 3.8) is 0 Å². The van der Waals surface area contributed by atoms with Crippen molar-refractivity contribution in [2.75, 3.05) is 0 Å². The quantitative estimate of drug-likeness (QED) is 0.533. The fourth-order valence-electron chi connectivity index (χ4n) is 2.13. The number of fused-ring (bicyclic) bond motifs is 3. The minimum Gasteiger partial charge on any atom is -0.618 e. The van der Waals surface area contributed by atoms with Crippen molar-refractivity contribution in [2.24, 2.45) is 0 Å². The maximum absolute atomic E-state index is 11.9. The summed E-state index contributed by atoms with van der Waals surface area (Å²) in [5.41, 5.74) is 1.54. The Balaban J connectivity index is 2.23. The van der Waals surface area contributed by atoms with E-state index in [1.165, 1.54) is 0 Å². The number of thiazole rings is 1. The van der Waals surface area contributed by atoms with E-state index in [9.17, 15) is 5.21 Å². The minimum absolute atomic E-state index is 0.718. The van der Waals surface area contributed by atoms with Crippen LogP contribution in [0.25, 0.3) is 21.1 Å². The summed E-state index contributed by atoms with van der Waals surface area (Å²) < 4.78 is 2.05. The number of para-hydroxylation sites is 1. The van der Waals surface area contributed by atoms with E-state index in [0.29, 0.717) is 0 Å². The molecule has 0 saturated heterocycles. The van der Waals surface area contributed by atoms with Gasteiger partial charge in [0.1, 0.15) is 5.52 Å². The molecule has 2 aromatic heterocycles. The molecule has 0 aliphatic rings. The summed E-state index contributed by atoms with van der Waals surface area (Å²) >= 11 is 1.71. The first kappa shape index (κ1) is 11.4. The van der Waals surface area contributed by atoms with E-state index in [4.69, 9.17) is 0 Å². The number of aromatic nitrogens is 2. The molecule has 92 valence electrons. The smallest absolute Gasteiger partial charge is 0.225 e. The zero-order chi connectivity index (χ0) is 12.5. The Morgan fingerprint density at radius 1 is 1.33 bits per heavy atom. The second-order valence-electron chi connectivity index (χ2n) is 4.40. The van der Waals surface area contributed by atoms with E-state index in [0.717, 1.165) is 50.1 Å². The second-order valence-corrected chi connectivity index (χ2v) is 5.48. The highest BCUT2D eigenvalue weighted by Gasteiger charge is 2.13. The molecular weight excluding hydrogens is 244 g/mol. The molecule has 0 aliphatic carbocycles. The molecule has 4 heteroatoms. The van der Waals surface area contributed by atoms with Gasteiger partial charge in [-0.2, -0.15) is 4.73 Å². The molecule has 1 aromatic carbocycles. The third-order valence-corrected chi connectivity index (χ3v) is 4.23.